The van der Waals surface area contributed by atoms with Gasteiger partial charge in [-0.05, 0) is 50.1 Å². The molecular weight excluding hydrogens is 352 g/mol. The summed E-state index contributed by atoms with van der Waals surface area (Å²) in [6.45, 7) is 0. The largest absolute Gasteiger partial charge is 0.409 e. The van der Waals surface area contributed by atoms with Crippen molar-refractivity contribution in [1.29, 1.82) is 0 Å². The number of nitrogens with two attached hydrogens (primary N) is 1. The van der Waals surface area contributed by atoms with Gasteiger partial charge < -0.3 is 10.9 Å². The molecule has 0 fully saturated rings. The average molecular weight is 360 g/mol. The van der Waals surface area contributed by atoms with Crippen molar-refractivity contribution >= 4 is 37.7 Å². The Morgan fingerprint density at radius 2 is 2.18 bits per heavy atom. The molecule has 17 heavy (non-hydrogen) atoms. The third kappa shape index (κ3) is 2.50. The Kier molecular flexibility index (Phi) is 3.49. The maximum atomic E-state index is 8.59. The van der Waals surface area contributed by atoms with Crippen LogP contribution >= 0.6 is 31.9 Å². The van der Waals surface area contributed by atoms with E-state index in [-0.39, 0.29) is 5.84 Å². The van der Waals surface area contributed by atoms with Gasteiger partial charge in [0.05, 0.1) is 16.4 Å². The van der Waals surface area contributed by atoms with Crippen LogP contribution in [0.1, 0.15) is 5.56 Å². The molecule has 0 amide bonds. The fourth-order valence-corrected chi connectivity index (χ4v) is 2.19. The Morgan fingerprint density at radius 3 is 2.71 bits per heavy atom. The standard InChI is InChI=1S/C10H8Br2N4O/c11-7-4-14-16(5-7)9-2-1-6(3-8(9)12)10(13)15-17/h1-5,17H,(H2,13,15). The van der Waals surface area contributed by atoms with E-state index < -0.39 is 0 Å². The zero-order valence-corrected chi connectivity index (χ0v) is 11.7. The van der Waals surface area contributed by atoms with Gasteiger partial charge in [0.15, 0.2) is 5.84 Å². The third-order valence-electron chi connectivity index (χ3n) is 2.15. The van der Waals surface area contributed by atoms with E-state index in [9.17, 15) is 0 Å². The fraction of sp³-hybridized carbons (Fsp3) is 0. The Bertz CT molecular complexity index is 579. The quantitative estimate of drug-likeness (QED) is 0.374. The van der Waals surface area contributed by atoms with Gasteiger partial charge in [0, 0.05) is 16.2 Å². The maximum Gasteiger partial charge on any atom is 0.170 e. The molecule has 0 saturated heterocycles. The van der Waals surface area contributed by atoms with Crippen molar-refractivity contribution < 1.29 is 5.21 Å². The van der Waals surface area contributed by atoms with Gasteiger partial charge in [0.25, 0.3) is 0 Å². The van der Waals surface area contributed by atoms with Crippen LogP contribution in [0.4, 0.5) is 0 Å². The number of nitrogens with zero attached hydrogens (tertiary/aromatic N) is 3. The van der Waals surface area contributed by atoms with Gasteiger partial charge in [-0.2, -0.15) is 5.10 Å². The monoisotopic (exact) mass is 358 g/mol. The van der Waals surface area contributed by atoms with Crippen LogP contribution in [-0.4, -0.2) is 20.8 Å². The van der Waals surface area contributed by atoms with Crippen LogP contribution in [0, 0.1) is 0 Å². The zero-order valence-electron chi connectivity index (χ0n) is 8.51. The molecule has 0 aliphatic heterocycles. The number of halogens is 2. The highest BCUT2D eigenvalue weighted by Crippen LogP contribution is 2.23. The lowest BCUT2D eigenvalue weighted by molar-refractivity contribution is 0.318. The number of hydrogen-bond acceptors (Lipinski definition) is 3. The minimum Gasteiger partial charge on any atom is -0.409 e. The van der Waals surface area contributed by atoms with Crippen molar-refractivity contribution in [3.63, 3.8) is 0 Å². The van der Waals surface area contributed by atoms with Crippen LogP contribution in [-0.2, 0) is 0 Å². The molecule has 1 aromatic carbocycles. The van der Waals surface area contributed by atoms with Gasteiger partial charge in [-0.25, -0.2) is 4.68 Å². The molecule has 0 radical (unpaired) electrons. The smallest absolute Gasteiger partial charge is 0.170 e. The van der Waals surface area contributed by atoms with E-state index >= 15 is 0 Å². The zero-order chi connectivity index (χ0) is 12.4. The summed E-state index contributed by atoms with van der Waals surface area (Å²) in [6, 6.07) is 5.35. The Balaban J connectivity index is 2.45. The van der Waals surface area contributed by atoms with Crippen molar-refractivity contribution in [3.05, 3.63) is 45.1 Å². The maximum absolute atomic E-state index is 8.59. The van der Waals surface area contributed by atoms with Gasteiger partial charge in [-0.1, -0.05) is 5.16 Å². The lowest BCUT2D eigenvalue weighted by atomic mass is 10.2. The predicted molar refractivity (Wildman–Crippen MR) is 71.5 cm³/mol. The molecule has 88 valence electrons. The first-order chi connectivity index (χ1) is 8.11. The minimum atomic E-state index is 0.0684. The minimum absolute atomic E-state index is 0.0684. The summed E-state index contributed by atoms with van der Waals surface area (Å²) in [7, 11) is 0. The van der Waals surface area contributed by atoms with Gasteiger partial charge >= 0.3 is 0 Å². The molecule has 3 N–H and O–H groups in total. The number of hydrogen-bond donors (Lipinski definition) is 2. The molecule has 1 aromatic heterocycles. The third-order valence-corrected chi connectivity index (χ3v) is 3.19. The average Bonchev–Trinajstić information content (AvgIpc) is 2.74. The van der Waals surface area contributed by atoms with E-state index in [2.05, 4.69) is 42.1 Å². The van der Waals surface area contributed by atoms with E-state index in [1.807, 2.05) is 12.3 Å². The van der Waals surface area contributed by atoms with E-state index in [1.54, 1.807) is 23.0 Å². The normalized spacial score (nSPS) is 11.8. The van der Waals surface area contributed by atoms with Crippen LogP contribution in [0.2, 0.25) is 0 Å². The molecule has 0 aliphatic rings. The fourth-order valence-electron chi connectivity index (χ4n) is 1.34. The molecule has 0 saturated carbocycles. The SMILES string of the molecule is N/C(=N/O)c1ccc(-n2cc(Br)cn2)c(Br)c1. The second-order valence-corrected chi connectivity index (χ2v) is 5.02. The summed E-state index contributed by atoms with van der Waals surface area (Å²) in [5, 5.41) is 15.7. The first-order valence-electron chi connectivity index (χ1n) is 4.60. The topological polar surface area (TPSA) is 76.4 Å². The number of benzene rings is 1. The van der Waals surface area contributed by atoms with Crippen LogP contribution in [0.5, 0.6) is 0 Å². The Labute approximate surface area is 114 Å². The van der Waals surface area contributed by atoms with E-state index in [4.69, 9.17) is 10.9 Å². The Hall–Kier alpha value is -1.34. The van der Waals surface area contributed by atoms with Crippen molar-refractivity contribution in [3.8, 4) is 5.69 Å². The van der Waals surface area contributed by atoms with Crippen molar-refractivity contribution in [1.82, 2.24) is 9.78 Å². The molecule has 2 aromatic rings. The van der Waals surface area contributed by atoms with E-state index in [1.165, 1.54) is 0 Å². The van der Waals surface area contributed by atoms with E-state index in [0.717, 1.165) is 14.6 Å². The van der Waals surface area contributed by atoms with Crippen LogP contribution in [0.15, 0.2) is 44.7 Å². The lowest BCUT2D eigenvalue weighted by Crippen LogP contribution is -2.13. The molecule has 5 nitrogen and oxygen atoms in total. The highest BCUT2D eigenvalue weighted by molar-refractivity contribution is 9.10. The molecule has 0 spiro atoms. The van der Waals surface area contributed by atoms with Gasteiger partial charge in [0.1, 0.15) is 0 Å². The number of rotatable bonds is 2. The number of aromatic nitrogens is 2. The molecule has 2 rings (SSSR count). The molecule has 0 atom stereocenters. The summed E-state index contributed by atoms with van der Waals surface area (Å²) in [5.74, 6) is 0.0684. The highest BCUT2D eigenvalue weighted by atomic mass is 79.9. The first kappa shape index (κ1) is 12.1. The highest BCUT2D eigenvalue weighted by Gasteiger charge is 2.07. The van der Waals surface area contributed by atoms with Crippen LogP contribution in [0.25, 0.3) is 5.69 Å². The predicted octanol–water partition coefficient (Wildman–Crippen LogP) is 2.49. The van der Waals surface area contributed by atoms with Crippen molar-refractivity contribution in [2.45, 2.75) is 0 Å². The molecular formula is C10H8Br2N4O. The summed E-state index contributed by atoms with van der Waals surface area (Å²) in [6.07, 6.45) is 3.53. The van der Waals surface area contributed by atoms with Crippen LogP contribution in [0.3, 0.4) is 0 Å². The van der Waals surface area contributed by atoms with Crippen LogP contribution < -0.4 is 5.73 Å². The van der Waals surface area contributed by atoms with Gasteiger partial charge in [-0.3, -0.25) is 0 Å². The second kappa shape index (κ2) is 4.89. The van der Waals surface area contributed by atoms with Gasteiger partial charge in [-0.15, -0.1) is 0 Å². The van der Waals surface area contributed by atoms with Crippen molar-refractivity contribution in [2.75, 3.05) is 0 Å². The lowest BCUT2D eigenvalue weighted by Gasteiger charge is -2.06. The van der Waals surface area contributed by atoms with Gasteiger partial charge in [0.2, 0.25) is 0 Å². The number of oxime groups is 1. The molecule has 1 heterocycles. The molecule has 7 heteroatoms. The summed E-state index contributed by atoms with van der Waals surface area (Å²) >= 11 is 6.75. The van der Waals surface area contributed by atoms with E-state index in [0.29, 0.717) is 5.56 Å². The second-order valence-electron chi connectivity index (χ2n) is 3.25. The Morgan fingerprint density at radius 1 is 1.41 bits per heavy atom. The first-order valence-corrected chi connectivity index (χ1v) is 6.18. The summed E-state index contributed by atoms with van der Waals surface area (Å²) in [4.78, 5) is 0. The molecule has 0 aliphatic carbocycles. The van der Waals surface area contributed by atoms with Crippen molar-refractivity contribution in [2.24, 2.45) is 10.9 Å². The summed E-state index contributed by atoms with van der Waals surface area (Å²) in [5.41, 5.74) is 7.00. The molecule has 0 bridgehead atoms. The number of amidine groups is 1. The summed E-state index contributed by atoms with van der Waals surface area (Å²) < 4.78 is 3.41. The molecule has 0 unspecified atom stereocenters.